The lowest BCUT2D eigenvalue weighted by Crippen LogP contribution is -2.29. The fraction of sp³-hybridized carbons (Fsp3) is 0.556. The Morgan fingerprint density at radius 1 is 1.46 bits per heavy atom. The van der Waals surface area contributed by atoms with Gasteiger partial charge in [0.25, 0.3) is 5.56 Å². The summed E-state index contributed by atoms with van der Waals surface area (Å²) in [6, 6.07) is 0. The molecule has 0 saturated heterocycles. The van der Waals surface area contributed by atoms with E-state index in [0.717, 1.165) is 0 Å². The van der Waals surface area contributed by atoms with E-state index < -0.39 is 0 Å². The number of anilines is 1. The molecule has 0 aliphatic carbocycles. The number of aryl methyl sites for hydroxylation is 1. The number of hydrogen-bond acceptors (Lipinski definition) is 3. The zero-order valence-electron chi connectivity index (χ0n) is 8.46. The molecule has 1 aromatic heterocycles. The first kappa shape index (κ1) is 9.77. The predicted molar refractivity (Wildman–Crippen MR) is 52.6 cm³/mol. The summed E-state index contributed by atoms with van der Waals surface area (Å²) in [5.74, 6) is 0.267. The molecule has 0 atom stereocenters. The Bertz CT molecular complexity index is 373. The van der Waals surface area contributed by atoms with Gasteiger partial charge in [0.05, 0.1) is 0 Å². The smallest absolute Gasteiger partial charge is 0.277 e. The van der Waals surface area contributed by atoms with Crippen molar-refractivity contribution in [1.82, 2.24) is 9.55 Å². The fourth-order valence-electron chi connectivity index (χ4n) is 1.10. The molecule has 13 heavy (non-hydrogen) atoms. The van der Waals surface area contributed by atoms with E-state index >= 15 is 0 Å². The van der Waals surface area contributed by atoms with Crippen molar-refractivity contribution in [2.24, 2.45) is 0 Å². The molecule has 4 heteroatoms. The summed E-state index contributed by atoms with van der Waals surface area (Å²) in [7, 11) is 0. The van der Waals surface area contributed by atoms with E-state index in [4.69, 9.17) is 5.73 Å². The minimum absolute atomic E-state index is 0.143. The van der Waals surface area contributed by atoms with Gasteiger partial charge in [-0.25, -0.2) is 0 Å². The van der Waals surface area contributed by atoms with Gasteiger partial charge in [-0.3, -0.25) is 4.79 Å². The molecule has 4 nitrogen and oxygen atoms in total. The summed E-state index contributed by atoms with van der Waals surface area (Å²) in [5, 5.41) is 0. The molecule has 0 amide bonds. The molecule has 0 radical (unpaired) electrons. The minimum atomic E-state index is -0.252. The average Bonchev–Trinajstić information content (AvgIpc) is 1.94. The van der Waals surface area contributed by atoms with E-state index in [2.05, 4.69) is 4.98 Å². The number of nitrogen functional groups attached to an aromatic ring is 1. The van der Waals surface area contributed by atoms with E-state index in [0.29, 0.717) is 5.56 Å². The second-order valence-corrected chi connectivity index (χ2v) is 4.13. The number of rotatable bonds is 0. The van der Waals surface area contributed by atoms with Crippen molar-refractivity contribution in [2.75, 3.05) is 5.73 Å². The van der Waals surface area contributed by atoms with Crippen molar-refractivity contribution >= 4 is 5.95 Å². The highest BCUT2D eigenvalue weighted by atomic mass is 16.1. The van der Waals surface area contributed by atoms with Crippen LogP contribution in [0.3, 0.4) is 0 Å². The predicted octanol–water partition coefficient (Wildman–Crippen LogP) is 0.889. The average molecular weight is 181 g/mol. The lowest BCUT2D eigenvalue weighted by molar-refractivity contribution is 0.395. The number of nitrogens with two attached hydrogens (primary N) is 1. The van der Waals surface area contributed by atoms with Gasteiger partial charge in [-0.2, -0.15) is 4.98 Å². The molecule has 0 bridgehead atoms. The second kappa shape index (κ2) is 2.87. The van der Waals surface area contributed by atoms with Gasteiger partial charge < -0.3 is 10.3 Å². The Morgan fingerprint density at radius 3 is 2.46 bits per heavy atom. The van der Waals surface area contributed by atoms with Gasteiger partial charge in [0.1, 0.15) is 0 Å². The van der Waals surface area contributed by atoms with Crippen LogP contribution in [0.1, 0.15) is 26.3 Å². The normalized spacial score (nSPS) is 11.7. The van der Waals surface area contributed by atoms with E-state index in [9.17, 15) is 4.79 Å². The molecule has 0 aliphatic heterocycles. The van der Waals surface area contributed by atoms with Crippen LogP contribution < -0.4 is 11.3 Å². The first-order valence-electron chi connectivity index (χ1n) is 4.18. The number of hydrogen-bond donors (Lipinski definition) is 1. The van der Waals surface area contributed by atoms with Crippen LogP contribution in [-0.2, 0) is 5.54 Å². The van der Waals surface area contributed by atoms with E-state index in [1.807, 2.05) is 20.8 Å². The van der Waals surface area contributed by atoms with Crippen molar-refractivity contribution in [3.63, 3.8) is 0 Å². The third-order valence-corrected chi connectivity index (χ3v) is 1.85. The largest absolute Gasteiger partial charge is 0.369 e. The summed E-state index contributed by atoms with van der Waals surface area (Å²) >= 11 is 0. The van der Waals surface area contributed by atoms with Crippen LogP contribution >= 0.6 is 0 Å². The molecule has 1 aromatic rings. The van der Waals surface area contributed by atoms with E-state index in [-0.39, 0.29) is 17.0 Å². The van der Waals surface area contributed by atoms with Crippen LogP contribution in [0, 0.1) is 6.92 Å². The van der Waals surface area contributed by atoms with Crippen LogP contribution in [0.15, 0.2) is 11.0 Å². The summed E-state index contributed by atoms with van der Waals surface area (Å²) < 4.78 is 1.80. The maximum atomic E-state index is 11.1. The number of aromatic nitrogens is 2. The summed E-state index contributed by atoms with van der Waals surface area (Å²) in [4.78, 5) is 14.8. The second-order valence-electron chi connectivity index (χ2n) is 4.13. The monoisotopic (exact) mass is 181 g/mol. The van der Waals surface area contributed by atoms with Gasteiger partial charge in [0.2, 0.25) is 5.95 Å². The first-order valence-corrected chi connectivity index (χ1v) is 4.18. The molecule has 0 unspecified atom stereocenters. The Morgan fingerprint density at radius 2 is 2.00 bits per heavy atom. The van der Waals surface area contributed by atoms with Crippen molar-refractivity contribution in [1.29, 1.82) is 0 Å². The molecule has 0 fully saturated rings. The lowest BCUT2D eigenvalue weighted by Gasteiger charge is -2.24. The Kier molecular flexibility index (Phi) is 2.15. The topological polar surface area (TPSA) is 60.9 Å². The zero-order chi connectivity index (χ0) is 10.2. The van der Waals surface area contributed by atoms with Crippen LogP contribution in [0.25, 0.3) is 0 Å². The highest BCUT2D eigenvalue weighted by molar-refractivity contribution is 5.21. The first-order chi connectivity index (χ1) is 5.82. The van der Waals surface area contributed by atoms with Gasteiger partial charge in [0, 0.05) is 17.3 Å². The highest BCUT2D eigenvalue weighted by Gasteiger charge is 2.15. The van der Waals surface area contributed by atoms with Gasteiger partial charge in [-0.05, 0) is 27.7 Å². The molecule has 72 valence electrons. The van der Waals surface area contributed by atoms with E-state index in [1.54, 1.807) is 17.7 Å². The van der Waals surface area contributed by atoms with Gasteiger partial charge >= 0.3 is 0 Å². The molecule has 2 N–H and O–H groups in total. The van der Waals surface area contributed by atoms with Crippen molar-refractivity contribution in [3.05, 3.63) is 22.1 Å². The Labute approximate surface area is 77.4 Å². The maximum Gasteiger partial charge on any atom is 0.277 e. The van der Waals surface area contributed by atoms with E-state index in [1.165, 1.54) is 0 Å². The zero-order valence-corrected chi connectivity index (χ0v) is 8.46. The van der Waals surface area contributed by atoms with Crippen LogP contribution in [0.4, 0.5) is 5.95 Å². The minimum Gasteiger partial charge on any atom is -0.369 e. The molecule has 0 aromatic carbocycles. The molecule has 0 spiro atoms. The van der Waals surface area contributed by atoms with Crippen molar-refractivity contribution in [2.45, 2.75) is 33.2 Å². The standard InChI is InChI=1S/C9H15N3O/c1-6-5-12(9(2,3)4)8(10)11-7(6)13/h5H,1-4H3,(H2,10,11,13). The van der Waals surface area contributed by atoms with Crippen LogP contribution in [-0.4, -0.2) is 9.55 Å². The molecule has 0 saturated carbocycles. The molecule has 1 heterocycles. The molecule has 1 rings (SSSR count). The third kappa shape index (κ3) is 1.88. The van der Waals surface area contributed by atoms with Gasteiger partial charge in [-0.15, -0.1) is 0 Å². The fourth-order valence-corrected chi connectivity index (χ4v) is 1.10. The van der Waals surface area contributed by atoms with Gasteiger partial charge in [-0.1, -0.05) is 0 Å². The van der Waals surface area contributed by atoms with Crippen LogP contribution in [0.2, 0.25) is 0 Å². The highest BCUT2D eigenvalue weighted by Crippen LogP contribution is 2.15. The molecule has 0 aliphatic rings. The number of nitrogens with zero attached hydrogens (tertiary/aromatic N) is 2. The molecular formula is C9H15N3O. The maximum absolute atomic E-state index is 11.1. The van der Waals surface area contributed by atoms with Gasteiger partial charge in [0.15, 0.2) is 0 Å². The summed E-state index contributed by atoms with van der Waals surface area (Å²) in [5.41, 5.74) is 5.85. The van der Waals surface area contributed by atoms with Crippen molar-refractivity contribution < 1.29 is 0 Å². The Hall–Kier alpha value is -1.32. The van der Waals surface area contributed by atoms with Crippen LogP contribution in [0.5, 0.6) is 0 Å². The molecular weight excluding hydrogens is 166 g/mol. The SMILES string of the molecule is Cc1cn(C(C)(C)C)c(N)nc1=O. The summed E-state index contributed by atoms with van der Waals surface area (Å²) in [6.45, 7) is 7.76. The third-order valence-electron chi connectivity index (χ3n) is 1.85. The Balaban J connectivity index is 3.41. The quantitative estimate of drug-likeness (QED) is 0.646. The summed E-state index contributed by atoms with van der Waals surface area (Å²) in [6.07, 6.45) is 1.74. The lowest BCUT2D eigenvalue weighted by atomic mass is 10.1. The van der Waals surface area contributed by atoms with Crippen molar-refractivity contribution in [3.8, 4) is 0 Å².